The molecule has 0 saturated heterocycles. The second-order valence-electron chi connectivity index (χ2n) is 3.17. The van der Waals surface area contributed by atoms with Crippen LogP contribution in [0.1, 0.15) is 13.3 Å². The summed E-state index contributed by atoms with van der Waals surface area (Å²) in [5.74, 6) is 0. The molecule has 2 nitrogen and oxygen atoms in total. The standard InChI is InChI=1S/C10H20N2/c1-5-7-10(2)11-8-6-9-12(3)4/h5,7,11H,1,6,8-9H2,2-4H3/b10-7+. The lowest BCUT2D eigenvalue weighted by molar-refractivity contribution is 0.398. The van der Waals surface area contributed by atoms with E-state index in [9.17, 15) is 0 Å². The molecule has 0 aliphatic rings. The molecule has 2 heteroatoms. The van der Waals surface area contributed by atoms with Crippen LogP contribution >= 0.6 is 0 Å². The third-order valence-corrected chi connectivity index (χ3v) is 1.55. The summed E-state index contributed by atoms with van der Waals surface area (Å²) in [5.41, 5.74) is 1.18. The zero-order valence-electron chi connectivity index (χ0n) is 8.43. The number of nitrogens with zero attached hydrogens (tertiary/aromatic N) is 1. The van der Waals surface area contributed by atoms with Crippen molar-refractivity contribution in [1.82, 2.24) is 10.2 Å². The Morgan fingerprint density at radius 3 is 2.67 bits per heavy atom. The van der Waals surface area contributed by atoms with E-state index in [2.05, 4.69) is 37.8 Å². The van der Waals surface area contributed by atoms with Crippen molar-refractivity contribution in [1.29, 1.82) is 0 Å². The molecule has 70 valence electrons. The highest BCUT2D eigenvalue weighted by atomic mass is 15.1. The molecule has 0 aromatic rings. The Morgan fingerprint density at radius 1 is 1.50 bits per heavy atom. The molecule has 0 fully saturated rings. The van der Waals surface area contributed by atoms with Crippen LogP contribution in [-0.2, 0) is 0 Å². The minimum Gasteiger partial charge on any atom is -0.389 e. The van der Waals surface area contributed by atoms with E-state index in [-0.39, 0.29) is 0 Å². The monoisotopic (exact) mass is 168 g/mol. The van der Waals surface area contributed by atoms with Crippen LogP contribution < -0.4 is 5.32 Å². The first kappa shape index (κ1) is 11.2. The topological polar surface area (TPSA) is 15.3 Å². The molecule has 0 aliphatic carbocycles. The van der Waals surface area contributed by atoms with E-state index in [1.807, 2.05) is 6.08 Å². The molecular formula is C10H20N2. The minimum atomic E-state index is 1.04. The first-order valence-electron chi connectivity index (χ1n) is 4.34. The molecule has 0 bridgehead atoms. The molecule has 0 rings (SSSR count). The van der Waals surface area contributed by atoms with E-state index >= 15 is 0 Å². The fraction of sp³-hybridized carbons (Fsp3) is 0.600. The van der Waals surface area contributed by atoms with Crippen molar-refractivity contribution in [2.45, 2.75) is 13.3 Å². The van der Waals surface area contributed by atoms with Crippen LogP contribution in [0, 0.1) is 0 Å². The molecule has 0 aliphatic heterocycles. The summed E-state index contributed by atoms with van der Waals surface area (Å²) in [5, 5.41) is 3.30. The van der Waals surface area contributed by atoms with E-state index in [1.165, 1.54) is 12.1 Å². The van der Waals surface area contributed by atoms with Crippen molar-refractivity contribution in [3.8, 4) is 0 Å². The van der Waals surface area contributed by atoms with Gasteiger partial charge in [-0.3, -0.25) is 0 Å². The van der Waals surface area contributed by atoms with E-state index in [1.54, 1.807) is 6.08 Å². The second-order valence-corrected chi connectivity index (χ2v) is 3.17. The van der Waals surface area contributed by atoms with Crippen molar-refractivity contribution >= 4 is 0 Å². The smallest absolute Gasteiger partial charge is 0.0156 e. The molecule has 0 amide bonds. The Morgan fingerprint density at radius 2 is 2.17 bits per heavy atom. The maximum atomic E-state index is 3.63. The fourth-order valence-corrected chi connectivity index (χ4v) is 0.917. The van der Waals surface area contributed by atoms with Gasteiger partial charge in [0.1, 0.15) is 0 Å². The lowest BCUT2D eigenvalue weighted by atomic mass is 10.3. The van der Waals surface area contributed by atoms with Gasteiger partial charge < -0.3 is 10.2 Å². The first-order valence-corrected chi connectivity index (χ1v) is 4.34. The maximum Gasteiger partial charge on any atom is 0.0156 e. The van der Waals surface area contributed by atoms with Crippen LogP contribution in [0.5, 0.6) is 0 Å². The summed E-state index contributed by atoms with van der Waals surface area (Å²) in [6, 6.07) is 0. The summed E-state index contributed by atoms with van der Waals surface area (Å²) in [6.45, 7) is 7.85. The molecule has 0 spiro atoms. The molecule has 0 saturated carbocycles. The first-order chi connectivity index (χ1) is 5.66. The average Bonchev–Trinajstić information content (AvgIpc) is 1.98. The average molecular weight is 168 g/mol. The van der Waals surface area contributed by atoms with Crippen molar-refractivity contribution in [2.75, 3.05) is 27.2 Å². The SMILES string of the molecule is C=C/C=C(\C)NCCCN(C)C. The third-order valence-electron chi connectivity index (χ3n) is 1.55. The van der Waals surface area contributed by atoms with Gasteiger partial charge in [-0.1, -0.05) is 12.7 Å². The molecule has 12 heavy (non-hydrogen) atoms. The quantitative estimate of drug-likeness (QED) is 0.479. The van der Waals surface area contributed by atoms with Gasteiger partial charge in [-0.15, -0.1) is 0 Å². The van der Waals surface area contributed by atoms with E-state index in [0.717, 1.165) is 13.1 Å². The number of allylic oxidation sites excluding steroid dienone is 3. The van der Waals surface area contributed by atoms with Crippen LogP contribution in [0.2, 0.25) is 0 Å². The van der Waals surface area contributed by atoms with Gasteiger partial charge in [0.2, 0.25) is 0 Å². The van der Waals surface area contributed by atoms with Gasteiger partial charge in [0.15, 0.2) is 0 Å². The lowest BCUT2D eigenvalue weighted by Gasteiger charge is -2.10. The number of hydrogen-bond donors (Lipinski definition) is 1. The largest absolute Gasteiger partial charge is 0.389 e. The minimum absolute atomic E-state index is 1.04. The van der Waals surface area contributed by atoms with Crippen LogP contribution in [0.4, 0.5) is 0 Å². The summed E-state index contributed by atoms with van der Waals surface area (Å²) in [7, 11) is 4.18. The highest BCUT2D eigenvalue weighted by Crippen LogP contribution is 1.88. The fourth-order valence-electron chi connectivity index (χ4n) is 0.917. The molecule has 0 atom stereocenters. The lowest BCUT2D eigenvalue weighted by Crippen LogP contribution is -2.20. The van der Waals surface area contributed by atoms with E-state index in [0.29, 0.717) is 0 Å². The van der Waals surface area contributed by atoms with E-state index < -0.39 is 0 Å². The number of nitrogens with one attached hydrogen (secondary N) is 1. The summed E-state index contributed by atoms with van der Waals surface area (Å²) < 4.78 is 0. The van der Waals surface area contributed by atoms with Crippen LogP contribution in [-0.4, -0.2) is 32.1 Å². The number of hydrogen-bond acceptors (Lipinski definition) is 2. The summed E-state index contributed by atoms with van der Waals surface area (Å²) in [6.07, 6.45) is 4.96. The highest BCUT2D eigenvalue weighted by Gasteiger charge is 1.89. The Kier molecular flexibility index (Phi) is 6.48. The zero-order chi connectivity index (χ0) is 9.40. The molecule has 0 aromatic heterocycles. The maximum absolute atomic E-state index is 3.63. The number of rotatable bonds is 6. The van der Waals surface area contributed by atoms with E-state index in [4.69, 9.17) is 0 Å². The van der Waals surface area contributed by atoms with Gasteiger partial charge in [-0.05, 0) is 40.1 Å². The van der Waals surface area contributed by atoms with Crippen LogP contribution in [0.3, 0.4) is 0 Å². The molecular weight excluding hydrogens is 148 g/mol. The van der Waals surface area contributed by atoms with Gasteiger partial charge >= 0.3 is 0 Å². The van der Waals surface area contributed by atoms with Crippen molar-refractivity contribution in [2.24, 2.45) is 0 Å². The molecule has 0 unspecified atom stereocenters. The van der Waals surface area contributed by atoms with Gasteiger partial charge in [-0.25, -0.2) is 0 Å². The Hall–Kier alpha value is -0.760. The Labute approximate surface area is 76.0 Å². The molecule has 0 aromatic carbocycles. The van der Waals surface area contributed by atoms with Gasteiger partial charge in [0.25, 0.3) is 0 Å². The van der Waals surface area contributed by atoms with Crippen LogP contribution in [0.25, 0.3) is 0 Å². The highest BCUT2D eigenvalue weighted by molar-refractivity contribution is 5.05. The summed E-state index contributed by atoms with van der Waals surface area (Å²) in [4.78, 5) is 2.19. The van der Waals surface area contributed by atoms with Crippen molar-refractivity contribution in [3.63, 3.8) is 0 Å². The van der Waals surface area contributed by atoms with Gasteiger partial charge in [-0.2, -0.15) is 0 Å². The Bertz CT molecular complexity index is 148. The Balaban J connectivity index is 3.31. The van der Waals surface area contributed by atoms with Gasteiger partial charge in [0.05, 0.1) is 0 Å². The predicted octanol–water partition coefficient (Wildman–Crippen LogP) is 1.62. The molecule has 1 N–H and O–H groups in total. The normalized spacial score (nSPS) is 11.8. The third kappa shape index (κ3) is 7.35. The van der Waals surface area contributed by atoms with Crippen molar-refractivity contribution < 1.29 is 0 Å². The molecule has 0 heterocycles. The second kappa shape index (κ2) is 6.92. The summed E-state index contributed by atoms with van der Waals surface area (Å²) >= 11 is 0. The van der Waals surface area contributed by atoms with Crippen LogP contribution in [0.15, 0.2) is 24.4 Å². The van der Waals surface area contributed by atoms with Crippen molar-refractivity contribution in [3.05, 3.63) is 24.4 Å². The molecule has 0 radical (unpaired) electrons. The predicted molar refractivity (Wildman–Crippen MR) is 55.1 cm³/mol. The van der Waals surface area contributed by atoms with Gasteiger partial charge in [0, 0.05) is 12.2 Å². The zero-order valence-corrected chi connectivity index (χ0v) is 8.43.